The molecule has 0 bridgehead atoms. The molecule has 6 nitrogen and oxygen atoms in total. The number of halogens is 2. The van der Waals surface area contributed by atoms with Crippen LogP contribution >= 0.6 is 11.6 Å². The largest absolute Gasteiger partial charge is 0.474 e. The smallest absolute Gasteiger partial charge is 0.410 e. The van der Waals surface area contributed by atoms with Crippen LogP contribution in [0.15, 0.2) is 36.4 Å². The molecule has 1 aliphatic heterocycles. The van der Waals surface area contributed by atoms with Gasteiger partial charge in [0.05, 0.1) is 0 Å². The molecule has 0 unspecified atom stereocenters. The van der Waals surface area contributed by atoms with Gasteiger partial charge < -0.3 is 19.7 Å². The van der Waals surface area contributed by atoms with Crippen LogP contribution in [-0.4, -0.2) is 40.8 Å². The third-order valence-corrected chi connectivity index (χ3v) is 4.81. The van der Waals surface area contributed by atoms with Gasteiger partial charge in [0.25, 0.3) is 0 Å². The van der Waals surface area contributed by atoms with Gasteiger partial charge in [-0.05, 0) is 39.0 Å². The van der Waals surface area contributed by atoms with Crippen molar-refractivity contribution in [3.05, 3.63) is 52.8 Å². The summed E-state index contributed by atoms with van der Waals surface area (Å²) >= 11 is 5.78. The fourth-order valence-electron chi connectivity index (χ4n) is 3.08. The normalized spacial score (nSPS) is 15.0. The molecule has 2 heterocycles. The van der Waals surface area contributed by atoms with Crippen molar-refractivity contribution in [3.63, 3.8) is 0 Å². The summed E-state index contributed by atoms with van der Waals surface area (Å²) in [4.78, 5) is 18.3. The number of hydrogen-bond donors (Lipinski definition) is 1. The van der Waals surface area contributed by atoms with E-state index in [0.29, 0.717) is 48.2 Å². The molecular formula is C22H27ClFN3O3. The maximum Gasteiger partial charge on any atom is 0.410 e. The van der Waals surface area contributed by atoms with E-state index < -0.39 is 5.60 Å². The first kappa shape index (κ1) is 22.2. The standard InChI is InChI=1S/C22H27ClFN3O3/c1-22(2,3)30-21(28)27-11-9-17(10-12-27)29-20-6-4-5-19(26-20)25-14-15-7-8-16(23)13-18(15)24/h4-8,13,17H,9-12,14H2,1-3H3,(H,25,26). The molecule has 0 atom stereocenters. The fraction of sp³-hybridized carbons (Fsp3) is 0.455. The summed E-state index contributed by atoms with van der Waals surface area (Å²) in [5.41, 5.74) is -0.00137. The number of benzene rings is 1. The van der Waals surface area contributed by atoms with E-state index in [0.717, 1.165) is 0 Å². The second kappa shape index (κ2) is 9.51. The molecular weight excluding hydrogens is 409 g/mol. The van der Waals surface area contributed by atoms with Gasteiger partial charge in [-0.25, -0.2) is 9.18 Å². The lowest BCUT2D eigenvalue weighted by Crippen LogP contribution is -2.44. The van der Waals surface area contributed by atoms with Gasteiger partial charge in [0.2, 0.25) is 5.88 Å². The maximum atomic E-state index is 13.9. The first-order chi connectivity index (χ1) is 14.2. The summed E-state index contributed by atoms with van der Waals surface area (Å²) < 4.78 is 25.3. The molecule has 0 aliphatic carbocycles. The number of pyridine rings is 1. The molecule has 0 saturated carbocycles. The summed E-state index contributed by atoms with van der Waals surface area (Å²) in [5.74, 6) is 0.722. The lowest BCUT2D eigenvalue weighted by Gasteiger charge is -2.33. The van der Waals surface area contributed by atoms with Crippen molar-refractivity contribution in [1.29, 1.82) is 0 Å². The predicted molar refractivity (Wildman–Crippen MR) is 114 cm³/mol. The summed E-state index contributed by atoms with van der Waals surface area (Å²) in [6.45, 7) is 7.01. The third-order valence-electron chi connectivity index (χ3n) is 4.58. The van der Waals surface area contributed by atoms with E-state index >= 15 is 0 Å². The Balaban J connectivity index is 1.50. The molecule has 3 rings (SSSR count). The zero-order chi connectivity index (χ0) is 21.7. The number of piperidine rings is 1. The minimum Gasteiger partial charge on any atom is -0.474 e. The van der Waals surface area contributed by atoms with Crippen LogP contribution < -0.4 is 10.1 Å². The second-order valence-electron chi connectivity index (χ2n) is 8.23. The van der Waals surface area contributed by atoms with E-state index in [4.69, 9.17) is 21.1 Å². The number of nitrogens with zero attached hydrogens (tertiary/aromatic N) is 2. The Bertz CT molecular complexity index is 880. The van der Waals surface area contributed by atoms with Gasteiger partial charge in [0.1, 0.15) is 23.3 Å². The summed E-state index contributed by atoms with van der Waals surface area (Å²) in [6.07, 6.45) is 1.09. The number of nitrogens with one attached hydrogen (secondary N) is 1. The Morgan fingerprint density at radius 1 is 1.27 bits per heavy atom. The zero-order valence-electron chi connectivity index (χ0n) is 17.5. The third kappa shape index (κ3) is 6.49. The number of hydrogen-bond acceptors (Lipinski definition) is 5. The molecule has 1 aromatic heterocycles. The first-order valence-corrected chi connectivity index (χ1v) is 10.4. The highest BCUT2D eigenvalue weighted by molar-refractivity contribution is 6.30. The van der Waals surface area contributed by atoms with Crippen LogP contribution in [0.4, 0.5) is 15.0 Å². The highest BCUT2D eigenvalue weighted by Gasteiger charge is 2.27. The molecule has 30 heavy (non-hydrogen) atoms. The average Bonchev–Trinajstić information content (AvgIpc) is 2.67. The quantitative estimate of drug-likeness (QED) is 0.693. The summed E-state index contributed by atoms with van der Waals surface area (Å²) in [6, 6.07) is 10.00. The minimum absolute atomic E-state index is 0.0276. The number of carbonyl (C=O) groups excluding carboxylic acids is 1. The van der Waals surface area contributed by atoms with Crippen molar-refractivity contribution in [2.45, 2.75) is 51.9 Å². The van der Waals surface area contributed by atoms with E-state index in [9.17, 15) is 9.18 Å². The van der Waals surface area contributed by atoms with Crippen molar-refractivity contribution in [2.75, 3.05) is 18.4 Å². The lowest BCUT2D eigenvalue weighted by atomic mass is 10.1. The van der Waals surface area contributed by atoms with Crippen molar-refractivity contribution < 1.29 is 18.7 Å². The van der Waals surface area contributed by atoms with E-state index in [1.807, 2.05) is 26.8 Å². The second-order valence-corrected chi connectivity index (χ2v) is 8.67. The molecule has 1 aliphatic rings. The van der Waals surface area contributed by atoms with Crippen molar-refractivity contribution >= 4 is 23.5 Å². The van der Waals surface area contributed by atoms with Crippen LogP contribution in [0.2, 0.25) is 5.02 Å². The van der Waals surface area contributed by atoms with Gasteiger partial charge in [-0.2, -0.15) is 4.98 Å². The number of rotatable bonds is 5. The molecule has 1 amide bonds. The van der Waals surface area contributed by atoms with E-state index in [2.05, 4.69) is 10.3 Å². The summed E-state index contributed by atoms with van der Waals surface area (Å²) in [7, 11) is 0. The SMILES string of the molecule is CC(C)(C)OC(=O)N1CCC(Oc2cccc(NCc3ccc(Cl)cc3F)n2)CC1. The number of aromatic nitrogens is 1. The number of amides is 1. The van der Waals surface area contributed by atoms with Crippen LogP contribution in [0, 0.1) is 5.82 Å². The molecule has 1 saturated heterocycles. The maximum absolute atomic E-state index is 13.9. The van der Waals surface area contributed by atoms with Crippen LogP contribution in [0.25, 0.3) is 0 Å². The molecule has 0 spiro atoms. The predicted octanol–water partition coefficient (Wildman–Crippen LogP) is 5.26. The lowest BCUT2D eigenvalue weighted by molar-refractivity contribution is 0.0123. The number of anilines is 1. The van der Waals surface area contributed by atoms with Gasteiger partial charge in [-0.3, -0.25) is 0 Å². The first-order valence-electron chi connectivity index (χ1n) is 9.99. The topological polar surface area (TPSA) is 63.7 Å². The Kier molecular flexibility index (Phi) is 7.02. The zero-order valence-corrected chi connectivity index (χ0v) is 18.2. The van der Waals surface area contributed by atoms with Crippen molar-refractivity contribution in [2.24, 2.45) is 0 Å². The average molecular weight is 436 g/mol. The minimum atomic E-state index is -0.503. The number of likely N-dealkylation sites (tertiary alicyclic amines) is 1. The van der Waals surface area contributed by atoms with E-state index in [1.54, 1.807) is 29.2 Å². The molecule has 8 heteroatoms. The van der Waals surface area contributed by atoms with Gasteiger partial charge in [-0.1, -0.05) is 23.7 Å². The molecule has 0 radical (unpaired) electrons. The van der Waals surface area contributed by atoms with E-state index in [-0.39, 0.29) is 24.6 Å². The molecule has 2 aromatic rings. The van der Waals surface area contributed by atoms with E-state index in [1.165, 1.54) is 6.07 Å². The Hall–Kier alpha value is -2.54. The van der Waals surface area contributed by atoms with Gasteiger partial charge in [0.15, 0.2) is 0 Å². The van der Waals surface area contributed by atoms with Crippen LogP contribution in [0.1, 0.15) is 39.2 Å². The van der Waals surface area contributed by atoms with Gasteiger partial charge in [0, 0.05) is 49.1 Å². The Labute approximate surface area is 181 Å². The highest BCUT2D eigenvalue weighted by atomic mass is 35.5. The van der Waals surface area contributed by atoms with Gasteiger partial charge >= 0.3 is 6.09 Å². The van der Waals surface area contributed by atoms with Crippen LogP contribution in [-0.2, 0) is 11.3 Å². The number of carbonyl (C=O) groups is 1. The fourth-order valence-corrected chi connectivity index (χ4v) is 3.24. The van der Waals surface area contributed by atoms with Crippen molar-refractivity contribution in [3.8, 4) is 5.88 Å². The number of ether oxygens (including phenoxy) is 2. The molecule has 1 fully saturated rings. The molecule has 1 N–H and O–H groups in total. The van der Waals surface area contributed by atoms with Gasteiger partial charge in [-0.15, -0.1) is 0 Å². The Morgan fingerprint density at radius 2 is 2.00 bits per heavy atom. The molecule has 162 valence electrons. The van der Waals surface area contributed by atoms with Crippen molar-refractivity contribution in [1.82, 2.24) is 9.88 Å². The molecule has 1 aromatic carbocycles. The monoisotopic (exact) mass is 435 g/mol. The highest BCUT2D eigenvalue weighted by Crippen LogP contribution is 2.21. The van der Waals surface area contributed by atoms with Crippen LogP contribution in [0.3, 0.4) is 0 Å². The Morgan fingerprint density at radius 3 is 2.67 bits per heavy atom. The summed E-state index contributed by atoms with van der Waals surface area (Å²) in [5, 5.41) is 3.46. The van der Waals surface area contributed by atoms with Crippen LogP contribution in [0.5, 0.6) is 5.88 Å².